The monoisotopic (exact) mass is 175 g/mol. The van der Waals surface area contributed by atoms with Gasteiger partial charge in [0.25, 0.3) is 0 Å². The smallest absolute Gasteiger partial charge is 0.170 e. The third-order valence-electron chi connectivity index (χ3n) is 2.57. The molecule has 4 heteroatoms. The van der Waals surface area contributed by atoms with Crippen molar-refractivity contribution in [3.63, 3.8) is 0 Å². The molecule has 0 amide bonds. The number of aliphatic hydroxyl groups excluding tert-OH is 2. The largest absolute Gasteiger partial charge is 0.390 e. The Kier molecular flexibility index (Phi) is 3.06. The first-order valence-corrected chi connectivity index (χ1v) is 4.35. The van der Waals surface area contributed by atoms with Gasteiger partial charge in [-0.05, 0) is 6.42 Å². The molecule has 1 rings (SSSR count). The summed E-state index contributed by atoms with van der Waals surface area (Å²) in [5, 5.41) is 18.9. The van der Waals surface area contributed by atoms with Crippen molar-refractivity contribution in [3.8, 4) is 0 Å². The van der Waals surface area contributed by atoms with Crippen molar-refractivity contribution in [3.05, 3.63) is 0 Å². The summed E-state index contributed by atoms with van der Waals surface area (Å²) in [6, 6.07) is -0.484. The van der Waals surface area contributed by atoms with Gasteiger partial charge in [0.05, 0.1) is 18.2 Å². The number of rotatable bonds is 1. The second-order valence-electron chi connectivity index (χ2n) is 3.40. The molecule has 12 heavy (non-hydrogen) atoms. The Morgan fingerprint density at radius 2 is 2.00 bits per heavy atom. The number of hydrogen-bond donors (Lipinski definition) is 3. The fraction of sp³-hybridized carbons (Fsp3) is 1.00. The van der Waals surface area contributed by atoms with Crippen LogP contribution in [-0.2, 0) is 4.74 Å². The molecule has 4 N–H and O–H groups in total. The maximum Gasteiger partial charge on any atom is 0.170 e. The van der Waals surface area contributed by atoms with Crippen LogP contribution in [-0.4, -0.2) is 34.8 Å². The topological polar surface area (TPSA) is 75.7 Å². The number of nitrogens with two attached hydrogens (primary N) is 1. The Balaban J connectivity index is 2.63. The molecule has 0 aromatic rings. The Labute approximate surface area is 72.3 Å². The molecular formula is C8H17NO3. The zero-order chi connectivity index (χ0) is 9.30. The fourth-order valence-corrected chi connectivity index (χ4v) is 1.51. The number of ether oxygens (including phenoxy) is 1. The average Bonchev–Trinajstić information content (AvgIpc) is 2.08. The van der Waals surface area contributed by atoms with E-state index in [1.54, 1.807) is 0 Å². The minimum Gasteiger partial charge on any atom is -0.390 e. The molecule has 0 aromatic carbocycles. The summed E-state index contributed by atoms with van der Waals surface area (Å²) < 4.78 is 5.11. The normalized spacial score (nSPS) is 49.2. The summed E-state index contributed by atoms with van der Waals surface area (Å²) in [4.78, 5) is 0. The Morgan fingerprint density at radius 1 is 1.42 bits per heavy atom. The van der Waals surface area contributed by atoms with Crippen molar-refractivity contribution >= 4 is 0 Å². The van der Waals surface area contributed by atoms with Gasteiger partial charge in [-0.1, -0.05) is 13.8 Å². The van der Waals surface area contributed by atoms with Gasteiger partial charge in [0.2, 0.25) is 0 Å². The van der Waals surface area contributed by atoms with E-state index in [1.807, 2.05) is 13.8 Å². The summed E-state index contributed by atoms with van der Waals surface area (Å²) in [7, 11) is 0. The fourth-order valence-electron chi connectivity index (χ4n) is 1.51. The van der Waals surface area contributed by atoms with Crippen LogP contribution in [0.15, 0.2) is 0 Å². The van der Waals surface area contributed by atoms with Crippen LogP contribution >= 0.6 is 0 Å². The molecule has 0 radical (unpaired) electrons. The van der Waals surface area contributed by atoms with Crippen LogP contribution in [0.25, 0.3) is 0 Å². The molecule has 0 aromatic heterocycles. The van der Waals surface area contributed by atoms with E-state index in [0.717, 1.165) is 0 Å². The van der Waals surface area contributed by atoms with Gasteiger partial charge in [0, 0.05) is 5.92 Å². The van der Waals surface area contributed by atoms with E-state index in [-0.39, 0.29) is 12.0 Å². The Morgan fingerprint density at radius 3 is 2.50 bits per heavy atom. The molecule has 1 heterocycles. The third kappa shape index (κ3) is 1.61. The predicted molar refractivity (Wildman–Crippen MR) is 44.3 cm³/mol. The van der Waals surface area contributed by atoms with Gasteiger partial charge in [-0.25, -0.2) is 0 Å². The Hall–Kier alpha value is -0.160. The molecular weight excluding hydrogens is 158 g/mol. The molecule has 4 nitrogen and oxygen atoms in total. The lowest BCUT2D eigenvalue weighted by molar-refractivity contribution is -0.225. The molecule has 0 saturated carbocycles. The molecule has 1 aliphatic heterocycles. The lowest BCUT2D eigenvalue weighted by atomic mass is 9.88. The first-order chi connectivity index (χ1) is 5.57. The van der Waals surface area contributed by atoms with Crippen molar-refractivity contribution in [2.45, 2.75) is 44.8 Å². The lowest BCUT2D eigenvalue weighted by Gasteiger charge is -2.39. The average molecular weight is 175 g/mol. The minimum atomic E-state index is -0.937. The van der Waals surface area contributed by atoms with Crippen molar-refractivity contribution in [2.75, 3.05) is 0 Å². The predicted octanol–water partition coefficient (Wildman–Crippen LogP) is -0.562. The van der Waals surface area contributed by atoms with Gasteiger partial charge in [0.15, 0.2) is 6.29 Å². The van der Waals surface area contributed by atoms with Crippen LogP contribution in [0.4, 0.5) is 0 Å². The molecule has 1 saturated heterocycles. The van der Waals surface area contributed by atoms with E-state index in [4.69, 9.17) is 10.5 Å². The number of aliphatic hydroxyl groups is 2. The molecule has 5 atom stereocenters. The minimum absolute atomic E-state index is 0.112. The molecule has 72 valence electrons. The molecule has 0 spiro atoms. The highest BCUT2D eigenvalue weighted by atomic mass is 16.6. The van der Waals surface area contributed by atoms with Gasteiger partial charge in [-0.15, -0.1) is 0 Å². The second-order valence-corrected chi connectivity index (χ2v) is 3.40. The molecule has 1 unspecified atom stereocenters. The lowest BCUT2D eigenvalue weighted by Crippen LogP contribution is -2.56. The van der Waals surface area contributed by atoms with Crippen LogP contribution in [0.1, 0.15) is 20.3 Å². The van der Waals surface area contributed by atoms with Gasteiger partial charge < -0.3 is 20.7 Å². The van der Waals surface area contributed by atoms with Gasteiger partial charge >= 0.3 is 0 Å². The maximum absolute atomic E-state index is 9.61. The molecule has 1 fully saturated rings. The summed E-state index contributed by atoms with van der Waals surface area (Å²) in [5.74, 6) is -0.112. The zero-order valence-corrected chi connectivity index (χ0v) is 7.47. The van der Waals surface area contributed by atoms with Crippen molar-refractivity contribution in [1.82, 2.24) is 0 Å². The van der Waals surface area contributed by atoms with E-state index < -0.39 is 18.4 Å². The maximum atomic E-state index is 9.61. The van der Waals surface area contributed by atoms with Crippen LogP contribution in [0, 0.1) is 5.92 Å². The molecule has 0 aliphatic carbocycles. The van der Waals surface area contributed by atoms with E-state index in [1.165, 1.54) is 0 Å². The molecule has 1 aliphatic rings. The van der Waals surface area contributed by atoms with E-state index in [0.29, 0.717) is 6.42 Å². The van der Waals surface area contributed by atoms with Crippen molar-refractivity contribution in [1.29, 1.82) is 0 Å². The first kappa shape index (κ1) is 9.92. The van der Waals surface area contributed by atoms with E-state index >= 15 is 0 Å². The summed E-state index contributed by atoms with van der Waals surface area (Å²) in [6.45, 7) is 3.73. The highest BCUT2D eigenvalue weighted by Gasteiger charge is 2.39. The van der Waals surface area contributed by atoms with E-state index in [9.17, 15) is 10.2 Å². The summed E-state index contributed by atoms with van der Waals surface area (Å²) >= 11 is 0. The number of hydrogen-bond acceptors (Lipinski definition) is 4. The third-order valence-corrected chi connectivity index (χ3v) is 2.57. The van der Waals surface area contributed by atoms with Crippen LogP contribution in [0.2, 0.25) is 0 Å². The second kappa shape index (κ2) is 3.70. The quantitative estimate of drug-likeness (QED) is 0.499. The summed E-state index contributed by atoms with van der Waals surface area (Å²) in [6.07, 6.45) is -1.09. The van der Waals surface area contributed by atoms with Crippen molar-refractivity contribution in [2.24, 2.45) is 11.7 Å². The van der Waals surface area contributed by atoms with E-state index in [2.05, 4.69) is 0 Å². The molecule has 0 bridgehead atoms. The highest BCUT2D eigenvalue weighted by molar-refractivity contribution is 4.87. The van der Waals surface area contributed by atoms with Crippen LogP contribution in [0.5, 0.6) is 0 Å². The van der Waals surface area contributed by atoms with Gasteiger partial charge in [0.1, 0.15) is 0 Å². The SMILES string of the molecule is CC[C@H]1OC(O)[C@H](N)[C@@H](C)[C@@H]1O. The van der Waals surface area contributed by atoms with Crippen LogP contribution in [0.3, 0.4) is 0 Å². The van der Waals surface area contributed by atoms with Crippen molar-refractivity contribution < 1.29 is 14.9 Å². The zero-order valence-electron chi connectivity index (χ0n) is 7.47. The van der Waals surface area contributed by atoms with Crippen LogP contribution < -0.4 is 5.73 Å². The standard InChI is InChI=1S/C8H17NO3/c1-3-5-7(10)4(2)6(9)8(11)12-5/h4-8,10-11H,3,9H2,1-2H3/t4-,5-,6-,7+,8?/m1/s1. The summed E-state index contributed by atoms with van der Waals surface area (Å²) in [5.41, 5.74) is 5.59. The highest BCUT2D eigenvalue weighted by Crippen LogP contribution is 2.24. The first-order valence-electron chi connectivity index (χ1n) is 4.35. The Bertz CT molecular complexity index is 148. The van der Waals surface area contributed by atoms with Gasteiger partial charge in [-0.3, -0.25) is 0 Å². The van der Waals surface area contributed by atoms with Gasteiger partial charge in [-0.2, -0.15) is 0 Å².